The molecule has 146 valence electrons. The Morgan fingerprint density at radius 1 is 1.42 bits per heavy atom. The average Bonchev–Trinajstić information content (AvgIpc) is 2.95. The molecule has 0 aliphatic carbocycles. The normalized spacial score (nSPS) is 26.7. The predicted molar refractivity (Wildman–Crippen MR) is 93.0 cm³/mol. The molecule has 2 saturated heterocycles. The minimum atomic E-state index is -1.22. The second kappa shape index (κ2) is 7.51. The molecule has 2 aliphatic heterocycles. The monoisotopic (exact) mass is 368 g/mol. The number of carbonyl (C=O) groups is 4. The van der Waals surface area contributed by atoms with Gasteiger partial charge in [-0.1, -0.05) is 13.8 Å². The third-order valence-corrected chi connectivity index (χ3v) is 5.39. The second-order valence-corrected chi connectivity index (χ2v) is 7.77. The largest absolute Gasteiger partial charge is 0.465 e. The number of likely N-dealkylation sites (N-methyl/N-ethyl adjacent to an activating group) is 1. The van der Waals surface area contributed by atoms with Gasteiger partial charge in [-0.2, -0.15) is 0 Å². The maximum atomic E-state index is 13.2. The van der Waals surface area contributed by atoms with Crippen molar-refractivity contribution in [3.63, 3.8) is 0 Å². The van der Waals surface area contributed by atoms with Crippen molar-refractivity contribution in [1.29, 1.82) is 0 Å². The zero-order valence-electron chi connectivity index (χ0n) is 15.5. The molecule has 0 bridgehead atoms. The van der Waals surface area contributed by atoms with Crippen LogP contribution in [0.4, 0.5) is 4.79 Å². The van der Waals surface area contributed by atoms with Gasteiger partial charge in [0.05, 0.1) is 5.41 Å². The summed E-state index contributed by atoms with van der Waals surface area (Å²) < 4.78 is 0. The summed E-state index contributed by atoms with van der Waals surface area (Å²) in [6.07, 6.45) is 0.636. The fourth-order valence-electron chi connectivity index (χ4n) is 3.94. The number of carbonyl (C=O) groups excluding carboxylic acids is 3. The lowest BCUT2D eigenvalue weighted by atomic mass is 9.78. The van der Waals surface area contributed by atoms with Crippen molar-refractivity contribution >= 4 is 23.8 Å². The molecule has 2 aliphatic rings. The van der Waals surface area contributed by atoms with E-state index in [-0.39, 0.29) is 24.8 Å². The molecule has 0 aromatic rings. The highest BCUT2D eigenvalue weighted by Crippen LogP contribution is 2.41. The minimum absolute atomic E-state index is 0.0762. The first-order valence-corrected chi connectivity index (χ1v) is 8.93. The van der Waals surface area contributed by atoms with Gasteiger partial charge in [-0.15, -0.1) is 0 Å². The molecule has 9 nitrogen and oxygen atoms in total. The van der Waals surface area contributed by atoms with Crippen molar-refractivity contribution in [2.24, 2.45) is 17.1 Å². The number of likely N-dealkylation sites (tertiary alicyclic amines) is 1. The highest BCUT2D eigenvalue weighted by Gasteiger charge is 2.54. The molecule has 3 atom stereocenters. The van der Waals surface area contributed by atoms with E-state index in [1.165, 1.54) is 11.9 Å². The van der Waals surface area contributed by atoms with Gasteiger partial charge in [-0.3, -0.25) is 19.3 Å². The Kier molecular flexibility index (Phi) is 5.77. The Bertz CT molecular complexity index is 608. The lowest BCUT2D eigenvalue weighted by Gasteiger charge is -2.34. The summed E-state index contributed by atoms with van der Waals surface area (Å²) >= 11 is 0. The predicted octanol–water partition coefficient (Wildman–Crippen LogP) is -0.00650. The van der Waals surface area contributed by atoms with E-state index in [1.807, 2.05) is 13.8 Å². The van der Waals surface area contributed by atoms with Gasteiger partial charge >= 0.3 is 6.09 Å². The number of rotatable bonds is 5. The van der Waals surface area contributed by atoms with Crippen LogP contribution in [0.25, 0.3) is 0 Å². The van der Waals surface area contributed by atoms with E-state index in [0.29, 0.717) is 19.4 Å². The van der Waals surface area contributed by atoms with Crippen LogP contribution in [0.2, 0.25) is 0 Å². The smallest absolute Gasteiger partial charge is 0.407 e. The van der Waals surface area contributed by atoms with Gasteiger partial charge < -0.3 is 21.1 Å². The summed E-state index contributed by atoms with van der Waals surface area (Å²) in [5.74, 6) is -1.23. The molecule has 0 radical (unpaired) electrons. The first-order chi connectivity index (χ1) is 12.1. The van der Waals surface area contributed by atoms with Crippen LogP contribution in [0.5, 0.6) is 0 Å². The molecule has 1 spiro atoms. The average molecular weight is 368 g/mol. The molecule has 4 N–H and O–H groups in total. The Morgan fingerprint density at radius 2 is 2.08 bits per heavy atom. The van der Waals surface area contributed by atoms with E-state index < -0.39 is 35.4 Å². The molecule has 0 aromatic heterocycles. The maximum absolute atomic E-state index is 13.2. The van der Waals surface area contributed by atoms with Gasteiger partial charge in [0.1, 0.15) is 12.1 Å². The molecule has 0 saturated carbocycles. The number of hydrogen-bond donors (Lipinski definition) is 3. The van der Waals surface area contributed by atoms with Crippen LogP contribution in [0.1, 0.15) is 39.5 Å². The van der Waals surface area contributed by atoms with Crippen molar-refractivity contribution in [3.05, 3.63) is 0 Å². The summed E-state index contributed by atoms with van der Waals surface area (Å²) in [6, 6.07) is -1.82. The van der Waals surface area contributed by atoms with Gasteiger partial charge in [0, 0.05) is 20.1 Å². The number of hydrogen-bond acceptors (Lipinski definition) is 4. The van der Waals surface area contributed by atoms with Crippen LogP contribution in [0.15, 0.2) is 0 Å². The molecule has 2 rings (SSSR count). The van der Waals surface area contributed by atoms with E-state index >= 15 is 0 Å². The fraction of sp³-hybridized carbons (Fsp3) is 0.765. The Balaban J connectivity index is 2.32. The molecule has 0 aromatic carbocycles. The Morgan fingerprint density at radius 3 is 2.58 bits per heavy atom. The number of primary amides is 1. The third-order valence-electron chi connectivity index (χ3n) is 5.39. The summed E-state index contributed by atoms with van der Waals surface area (Å²) in [4.78, 5) is 51.2. The van der Waals surface area contributed by atoms with E-state index in [2.05, 4.69) is 5.32 Å². The number of nitrogens with one attached hydrogen (secondary N) is 1. The van der Waals surface area contributed by atoms with E-state index in [9.17, 15) is 24.3 Å². The summed E-state index contributed by atoms with van der Waals surface area (Å²) in [5.41, 5.74) is 4.68. The third kappa shape index (κ3) is 3.76. The SMILES string of the molecule is CC(C)C[C@@H](C(=O)N1C[C@]2(CCCNC2=O)C[C@H]1C(N)=O)N(C)C(=O)O. The van der Waals surface area contributed by atoms with Gasteiger partial charge in [0.25, 0.3) is 0 Å². The first kappa shape index (κ1) is 20.0. The van der Waals surface area contributed by atoms with E-state index in [4.69, 9.17) is 5.73 Å². The van der Waals surface area contributed by atoms with Crippen LogP contribution >= 0.6 is 0 Å². The van der Waals surface area contributed by atoms with Crippen LogP contribution in [0.3, 0.4) is 0 Å². The van der Waals surface area contributed by atoms with Crippen LogP contribution in [-0.4, -0.2) is 70.9 Å². The van der Waals surface area contributed by atoms with E-state index in [0.717, 1.165) is 11.3 Å². The number of amides is 4. The lowest BCUT2D eigenvalue weighted by Crippen LogP contribution is -2.54. The molecular formula is C17H28N4O5. The number of piperidine rings is 1. The van der Waals surface area contributed by atoms with Crippen LogP contribution in [0, 0.1) is 11.3 Å². The molecule has 2 heterocycles. The fourth-order valence-corrected chi connectivity index (χ4v) is 3.94. The van der Waals surface area contributed by atoms with Crippen molar-refractivity contribution in [1.82, 2.24) is 15.1 Å². The van der Waals surface area contributed by atoms with Crippen molar-refractivity contribution in [3.8, 4) is 0 Å². The number of carboxylic acid groups (broad SMARTS) is 1. The summed E-state index contributed by atoms with van der Waals surface area (Å²) in [5, 5.41) is 12.1. The highest BCUT2D eigenvalue weighted by atomic mass is 16.4. The van der Waals surface area contributed by atoms with Crippen molar-refractivity contribution in [2.45, 2.75) is 51.6 Å². The van der Waals surface area contributed by atoms with Crippen LogP contribution in [-0.2, 0) is 14.4 Å². The maximum Gasteiger partial charge on any atom is 0.407 e. The highest BCUT2D eigenvalue weighted by molar-refractivity contribution is 5.94. The van der Waals surface area contributed by atoms with Gasteiger partial charge in [-0.25, -0.2) is 4.79 Å². The molecular weight excluding hydrogens is 340 g/mol. The van der Waals surface area contributed by atoms with Gasteiger partial charge in [0.15, 0.2) is 0 Å². The minimum Gasteiger partial charge on any atom is -0.465 e. The second-order valence-electron chi connectivity index (χ2n) is 7.77. The topological polar surface area (TPSA) is 133 Å². The first-order valence-electron chi connectivity index (χ1n) is 8.93. The number of nitrogens with two attached hydrogens (primary N) is 1. The Hall–Kier alpha value is -2.32. The standard InChI is InChI=1S/C17H28N4O5/c1-10(2)7-11(20(3)16(25)26)14(23)21-9-17(8-12(21)13(18)22)5-4-6-19-15(17)24/h10-12H,4-9H2,1-3H3,(H2,18,22)(H,19,24)(H,25,26)/t11-,12-,17-/m0/s1. The summed E-state index contributed by atoms with van der Waals surface area (Å²) in [7, 11) is 1.34. The molecule has 9 heteroatoms. The molecule has 2 fully saturated rings. The van der Waals surface area contributed by atoms with Crippen LogP contribution < -0.4 is 11.1 Å². The van der Waals surface area contributed by atoms with Crippen molar-refractivity contribution in [2.75, 3.05) is 20.1 Å². The Labute approximate surface area is 152 Å². The van der Waals surface area contributed by atoms with Gasteiger partial charge in [0.2, 0.25) is 17.7 Å². The zero-order chi connectivity index (χ0) is 19.6. The summed E-state index contributed by atoms with van der Waals surface area (Å²) in [6.45, 7) is 4.45. The van der Waals surface area contributed by atoms with Crippen molar-refractivity contribution < 1.29 is 24.3 Å². The van der Waals surface area contributed by atoms with E-state index in [1.54, 1.807) is 0 Å². The molecule has 4 amide bonds. The number of nitrogens with zero attached hydrogens (tertiary/aromatic N) is 2. The van der Waals surface area contributed by atoms with Gasteiger partial charge in [-0.05, 0) is 31.6 Å². The molecule has 0 unspecified atom stereocenters. The molecule has 26 heavy (non-hydrogen) atoms. The zero-order valence-corrected chi connectivity index (χ0v) is 15.5. The quantitative estimate of drug-likeness (QED) is 0.628. The lowest BCUT2D eigenvalue weighted by molar-refractivity contribution is -0.142.